The molecule has 0 spiro atoms. The molecule has 1 N–H and O–H groups in total. The van der Waals surface area contributed by atoms with Gasteiger partial charge in [0.15, 0.2) is 5.69 Å². The molecule has 1 heterocycles. The second kappa shape index (κ2) is 6.28. The number of aromatic nitrogens is 3. The number of hydrogen-bond donors (Lipinski definition) is 1. The number of carbonyl (C=O) groups excluding carboxylic acids is 1. The second-order valence-electron chi connectivity index (χ2n) is 6.01. The van der Waals surface area contributed by atoms with Crippen LogP contribution in [-0.4, -0.2) is 20.9 Å². The standard InChI is InChI=1S/C19H18N4O/c24-19(20-13-14-7-3-1-4-8-14)17-18(15-11-12-15)23(22-21-17)16-9-5-2-6-10-16/h1-10,15H,11-13H2,(H,20,24). The topological polar surface area (TPSA) is 59.8 Å². The first-order valence-electron chi connectivity index (χ1n) is 8.16. The van der Waals surface area contributed by atoms with Crippen molar-refractivity contribution in [2.75, 3.05) is 0 Å². The Morgan fingerprint density at radius 2 is 1.71 bits per heavy atom. The van der Waals surface area contributed by atoms with Gasteiger partial charge < -0.3 is 5.32 Å². The summed E-state index contributed by atoms with van der Waals surface area (Å²) in [4.78, 5) is 12.6. The summed E-state index contributed by atoms with van der Waals surface area (Å²) in [6.45, 7) is 0.488. The van der Waals surface area contributed by atoms with Gasteiger partial charge in [0.25, 0.3) is 5.91 Å². The normalized spacial score (nSPS) is 13.7. The van der Waals surface area contributed by atoms with Gasteiger partial charge in [-0.05, 0) is 30.5 Å². The minimum atomic E-state index is -0.164. The van der Waals surface area contributed by atoms with E-state index in [0.29, 0.717) is 18.2 Å². The van der Waals surface area contributed by atoms with Crippen molar-refractivity contribution in [2.24, 2.45) is 0 Å². The van der Waals surface area contributed by atoms with Gasteiger partial charge in [0.1, 0.15) is 0 Å². The van der Waals surface area contributed by atoms with Crippen LogP contribution in [0.5, 0.6) is 0 Å². The van der Waals surface area contributed by atoms with Crippen molar-refractivity contribution in [2.45, 2.75) is 25.3 Å². The van der Waals surface area contributed by atoms with Crippen molar-refractivity contribution < 1.29 is 4.79 Å². The highest BCUT2D eigenvalue weighted by Crippen LogP contribution is 2.41. The zero-order chi connectivity index (χ0) is 16.4. The van der Waals surface area contributed by atoms with Crippen LogP contribution >= 0.6 is 0 Å². The highest BCUT2D eigenvalue weighted by atomic mass is 16.2. The molecule has 1 fully saturated rings. The van der Waals surface area contributed by atoms with Gasteiger partial charge in [0.2, 0.25) is 0 Å². The van der Waals surface area contributed by atoms with Crippen LogP contribution in [0, 0.1) is 0 Å². The molecule has 4 rings (SSSR count). The Kier molecular flexibility index (Phi) is 3.83. The molecule has 120 valence electrons. The van der Waals surface area contributed by atoms with Crippen LogP contribution in [0.4, 0.5) is 0 Å². The van der Waals surface area contributed by atoms with Crippen molar-refractivity contribution >= 4 is 5.91 Å². The molecule has 5 heteroatoms. The summed E-state index contributed by atoms with van der Waals surface area (Å²) >= 11 is 0. The lowest BCUT2D eigenvalue weighted by molar-refractivity contribution is 0.0945. The summed E-state index contributed by atoms with van der Waals surface area (Å²) in [6, 6.07) is 19.7. The largest absolute Gasteiger partial charge is 0.347 e. The zero-order valence-electron chi connectivity index (χ0n) is 13.2. The highest BCUT2D eigenvalue weighted by molar-refractivity contribution is 5.93. The van der Waals surface area contributed by atoms with Gasteiger partial charge in [-0.15, -0.1) is 5.10 Å². The molecule has 0 unspecified atom stereocenters. The Labute approximate surface area is 140 Å². The summed E-state index contributed by atoms with van der Waals surface area (Å²) in [7, 11) is 0. The maximum absolute atomic E-state index is 12.6. The van der Waals surface area contributed by atoms with E-state index in [1.54, 1.807) is 4.68 Å². The summed E-state index contributed by atoms with van der Waals surface area (Å²) in [6.07, 6.45) is 2.17. The Hall–Kier alpha value is -2.95. The lowest BCUT2D eigenvalue weighted by Crippen LogP contribution is -2.24. The molecule has 0 atom stereocenters. The van der Waals surface area contributed by atoms with E-state index in [1.807, 2.05) is 60.7 Å². The lowest BCUT2D eigenvalue weighted by atomic mass is 10.2. The molecule has 0 radical (unpaired) electrons. The Bertz CT molecular complexity index is 838. The van der Waals surface area contributed by atoms with Crippen LogP contribution in [0.3, 0.4) is 0 Å². The number of carbonyl (C=O) groups is 1. The highest BCUT2D eigenvalue weighted by Gasteiger charge is 2.34. The fourth-order valence-electron chi connectivity index (χ4n) is 2.80. The van der Waals surface area contributed by atoms with Crippen molar-refractivity contribution in [3.8, 4) is 5.69 Å². The SMILES string of the molecule is O=C(NCc1ccccc1)c1nnn(-c2ccccc2)c1C1CC1. The Balaban J connectivity index is 1.59. The number of nitrogens with zero attached hydrogens (tertiary/aromatic N) is 3. The molecular weight excluding hydrogens is 300 g/mol. The number of para-hydroxylation sites is 1. The third-order valence-electron chi connectivity index (χ3n) is 4.18. The molecule has 0 saturated heterocycles. The molecule has 1 aliphatic carbocycles. The first-order chi connectivity index (χ1) is 11.8. The molecule has 0 bridgehead atoms. The van der Waals surface area contributed by atoms with Crippen molar-refractivity contribution in [1.82, 2.24) is 20.3 Å². The second-order valence-corrected chi connectivity index (χ2v) is 6.01. The average Bonchev–Trinajstić information content (AvgIpc) is 3.39. The third-order valence-corrected chi connectivity index (χ3v) is 4.18. The molecular formula is C19H18N4O. The first kappa shape index (κ1) is 14.6. The summed E-state index contributed by atoms with van der Waals surface area (Å²) in [5.41, 5.74) is 3.37. The molecule has 1 aliphatic rings. The van der Waals surface area contributed by atoms with E-state index in [-0.39, 0.29) is 5.91 Å². The Morgan fingerprint density at radius 1 is 1.04 bits per heavy atom. The van der Waals surface area contributed by atoms with E-state index in [4.69, 9.17) is 0 Å². The number of rotatable bonds is 5. The van der Waals surface area contributed by atoms with Crippen LogP contribution in [0.25, 0.3) is 5.69 Å². The molecule has 3 aromatic rings. The lowest BCUT2D eigenvalue weighted by Gasteiger charge is -2.07. The van der Waals surface area contributed by atoms with Gasteiger partial charge in [-0.25, -0.2) is 4.68 Å². The van der Waals surface area contributed by atoms with Gasteiger partial charge in [0.05, 0.1) is 11.4 Å². The third kappa shape index (κ3) is 2.93. The smallest absolute Gasteiger partial charge is 0.274 e. The van der Waals surface area contributed by atoms with Gasteiger partial charge in [-0.3, -0.25) is 4.79 Å². The number of nitrogens with one attached hydrogen (secondary N) is 1. The molecule has 2 aromatic carbocycles. The fraction of sp³-hybridized carbons (Fsp3) is 0.211. The predicted octanol–water partition coefficient (Wildman–Crippen LogP) is 3.07. The van der Waals surface area contributed by atoms with Crippen molar-refractivity contribution in [3.63, 3.8) is 0 Å². The monoisotopic (exact) mass is 318 g/mol. The van der Waals surface area contributed by atoms with Gasteiger partial charge in [0, 0.05) is 12.5 Å². The fourth-order valence-corrected chi connectivity index (χ4v) is 2.80. The molecule has 1 saturated carbocycles. The number of benzene rings is 2. The summed E-state index contributed by atoms with van der Waals surface area (Å²) in [5.74, 6) is 0.209. The van der Waals surface area contributed by atoms with E-state index in [2.05, 4.69) is 15.6 Å². The average molecular weight is 318 g/mol. The first-order valence-corrected chi connectivity index (χ1v) is 8.16. The quantitative estimate of drug-likeness (QED) is 0.786. The van der Waals surface area contributed by atoms with Gasteiger partial charge in [-0.1, -0.05) is 53.7 Å². The van der Waals surface area contributed by atoms with E-state index in [9.17, 15) is 4.79 Å². The van der Waals surface area contributed by atoms with E-state index in [0.717, 1.165) is 29.8 Å². The van der Waals surface area contributed by atoms with Gasteiger partial charge in [-0.2, -0.15) is 0 Å². The molecule has 5 nitrogen and oxygen atoms in total. The minimum Gasteiger partial charge on any atom is -0.347 e. The Morgan fingerprint density at radius 3 is 2.38 bits per heavy atom. The predicted molar refractivity (Wildman–Crippen MR) is 90.9 cm³/mol. The van der Waals surface area contributed by atoms with Crippen LogP contribution in [-0.2, 0) is 6.54 Å². The van der Waals surface area contributed by atoms with E-state index < -0.39 is 0 Å². The van der Waals surface area contributed by atoms with E-state index >= 15 is 0 Å². The molecule has 1 amide bonds. The number of hydrogen-bond acceptors (Lipinski definition) is 3. The van der Waals surface area contributed by atoms with Crippen LogP contribution in [0.2, 0.25) is 0 Å². The molecule has 24 heavy (non-hydrogen) atoms. The minimum absolute atomic E-state index is 0.164. The summed E-state index contributed by atoms with van der Waals surface area (Å²) in [5, 5.41) is 11.3. The van der Waals surface area contributed by atoms with Crippen molar-refractivity contribution in [3.05, 3.63) is 77.6 Å². The van der Waals surface area contributed by atoms with Crippen LogP contribution in [0.15, 0.2) is 60.7 Å². The molecule has 0 aliphatic heterocycles. The van der Waals surface area contributed by atoms with Gasteiger partial charge >= 0.3 is 0 Å². The number of amides is 1. The van der Waals surface area contributed by atoms with Crippen molar-refractivity contribution in [1.29, 1.82) is 0 Å². The maximum atomic E-state index is 12.6. The zero-order valence-corrected chi connectivity index (χ0v) is 13.2. The maximum Gasteiger partial charge on any atom is 0.274 e. The van der Waals surface area contributed by atoms with Crippen LogP contribution < -0.4 is 5.32 Å². The summed E-state index contributed by atoms with van der Waals surface area (Å²) < 4.78 is 1.80. The molecule has 1 aromatic heterocycles. The van der Waals surface area contributed by atoms with E-state index in [1.165, 1.54) is 0 Å². The van der Waals surface area contributed by atoms with Crippen LogP contribution in [0.1, 0.15) is 40.5 Å².